The zero-order valence-corrected chi connectivity index (χ0v) is 14.4. The molecule has 0 atom stereocenters. The molecule has 0 spiro atoms. The van der Waals surface area contributed by atoms with Crippen molar-refractivity contribution in [1.82, 2.24) is 19.7 Å². The molecule has 25 heavy (non-hydrogen) atoms. The number of rotatable bonds is 7. The van der Waals surface area contributed by atoms with Crippen LogP contribution in [0, 0.1) is 10.1 Å². The van der Waals surface area contributed by atoms with Gasteiger partial charge in [-0.1, -0.05) is 4.98 Å². The number of benzene rings is 1. The van der Waals surface area contributed by atoms with E-state index in [-0.39, 0.29) is 0 Å². The molecular formula is C15H15N5O4S. The summed E-state index contributed by atoms with van der Waals surface area (Å²) in [5.41, 5.74) is 1.65. The van der Waals surface area contributed by atoms with E-state index in [0.29, 0.717) is 24.7 Å². The van der Waals surface area contributed by atoms with Crippen LogP contribution in [0.5, 0.6) is 11.5 Å². The summed E-state index contributed by atoms with van der Waals surface area (Å²) in [5, 5.41) is 17.1. The van der Waals surface area contributed by atoms with Crippen LogP contribution in [0.3, 0.4) is 0 Å². The Morgan fingerprint density at radius 2 is 2.20 bits per heavy atom. The van der Waals surface area contributed by atoms with Crippen LogP contribution in [0.1, 0.15) is 12.6 Å². The molecule has 0 aliphatic rings. The van der Waals surface area contributed by atoms with Crippen molar-refractivity contribution in [2.45, 2.75) is 13.5 Å². The molecule has 3 aromatic rings. The summed E-state index contributed by atoms with van der Waals surface area (Å²) in [5.74, 6) is 0.898. The number of hydrogen-bond donors (Lipinski definition) is 0. The molecule has 0 aliphatic heterocycles. The lowest BCUT2D eigenvalue weighted by atomic mass is 10.2. The molecule has 10 heteroatoms. The summed E-state index contributed by atoms with van der Waals surface area (Å²) >= 11 is 1.47. The van der Waals surface area contributed by atoms with Crippen LogP contribution in [0.4, 0.5) is 5.95 Å². The number of hydrogen-bond acceptors (Lipinski definition) is 8. The molecule has 0 N–H and O–H groups in total. The zero-order valence-electron chi connectivity index (χ0n) is 13.6. The molecule has 1 aromatic carbocycles. The van der Waals surface area contributed by atoms with Gasteiger partial charge < -0.3 is 19.6 Å². The van der Waals surface area contributed by atoms with E-state index in [9.17, 15) is 10.1 Å². The highest BCUT2D eigenvalue weighted by Gasteiger charge is 2.15. The van der Waals surface area contributed by atoms with E-state index in [0.717, 1.165) is 16.3 Å². The molecule has 0 radical (unpaired) electrons. The van der Waals surface area contributed by atoms with Gasteiger partial charge in [0.1, 0.15) is 11.6 Å². The lowest BCUT2D eigenvalue weighted by Crippen LogP contribution is -2.01. The van der Waals surface area contributed by atoms with Gasteiger partial charge in [0, 0.05) is 16.0 Å². The Bertz CT molecular complexity index is 892. The van der Waals surface area contributed by atoms with Crippen LogP contribution in [0.2, 0.25) is 0 Å². The number of ether oxygens (including phenoxy) is 2. The highest BCUT2D eigenvalue weighted by Crippen LogP contribution is 2.33. The van der Waals surface area contributed by atoms with Crippen molar-refractivity contribution >= 4 is 17.3 Å². The minimum atomic E-state index is -0.630. The fourth-order valence-corrected chi connectivity index (χ4v) is 3.01. The molecular weight excluding hydrogens is 346 g/mol. The van der Waals surface area contributed by atoms with Gasteiger partial charge in [-0.15, -0.1) is 11.3 Å². The summed E-state index contributed by atoms with van der Waals surface area (Å²) in [6.45, 7) is 2.78. The molecule has 9 nitrogen and oxygen atoms in total. The van der Waals surface area contributed by atoms with E-state index < -0.39 is 10.9 Å². The highest BCUT2D eigenvalue weighted by molar-refractivity contribution is 7.13. The van der Waals surface area contributed by atoms with Crippen molar-refractivity contribution in [2.75, 3.05) is 13.7 Å². The highest BCUT2D eigenvalue weighted by atomic mass is 32.1. The maximum absolute atomic E-state index is 10.6. The predicted octanol–water partition coefficient (Wildman–Crippen LogP) is 2.77. The number of nitro groups is 1. The fourth-order valence-electron chi connectivity index (χ4n) is 2.20. The predicted molar refractivity (Wildman–Crippen MR) is 91.0 cm³/mol. The SMILES string of the molecule is CCOc1ccc(-c2nc(Cn3cnc([N+](=O)[O-])n3)cs2)cc1OC. The lowest BCUT2D eigenvalue weighted by Gasteiger charge is -2.09. The van der Waals surface area contributed by atoms with Gasteiger partial charge in [-0.25, -0.2) is 4.98 Å². The molecule has 0 unspecified atom stereocenters. The Hall–Kier alpha value is -3.01. The number of thiazole rings is 1. The molecule has 0 saturated carbocycles. The first-order valence-electron chi connectivity index (χ1n) is 7.40. The quantitative estimate of drug-likeness (QED) is 0.470. The van der Waals surface area contributed by atoms with Gasteiger partial charge in [0.25, 0.3) is 0 Å². The van der Waals surface area contributed by atoms with Crippen LogP contribution >= 0.6 is 11.3 Å². The third-order valence-electron chi connectivity index (χ3n) is 3.27. The molecule has 0 saturated heterocycles. The molecule has 2 heterocycles. The van der Waals surface area contributed by atoms with Crippen molar-refractivity contribution in [2.24, 2.45) is 0 Å². The Balaban J connectivity index is 1.79. The van der Waals surface area contributed by atoms with E-state index in [4.69, 9.17) is 9.47 Å². The maximum Gasteiger partial charge on any atom is 0.490 e. The van der Waals surface area contributed by atoms with Gasteiger partial charge >= 0.3 is 5.95 Å². The van der Waals surface area contributed by atoms with Crippen molar-refractivity contribution < 1.29 is 14.4 Å². The van der Waals surface area contributed by atoms with Crippen molar-refractivity contribution in [3.8, 4) is 22.1 Å². The van der Waals surface area contributed by atoms with Gasteiger partial charge in [-0.2, -0.15) is 4.68 Å². The Morgan fingerprint density at radius 1 is 1.36 bits per heavy atom. The molecule has 0 bridgehead atoms. The molecule has 0 fully saturated rings. The molecule has 0 amide bonds. The second-order valence-corrected chi connectivity index (χ2v) is 5.80. The standard InChI is InChI=1S/C15H15N5O4S/c1-3-24-12-5-4-10(6-13(12)23-2)14-17-11(8-25-14)7-19-9-16-15(18-19)20(21)22/h4-6,8-9H,3,7H2,1-2H3. The van der Waals surface area contributed by atoms with E-state index >= 15 is 0 Å². The monoisotopic (exact) mass is 361 g/mol. The van der Waals surface area contributed by atoms with Crippen LogP contribution in [0.15, 0.2) is 29.9 Å². The first-order chi connectivity index (χ1) is 12.1. The second-order valence-electron chi connectivity index (χ2n) is 4.94. The van der Waals surface area contributed by atoms with Gasteiger partial charge in [0.2, 0.25) is 6.33 Å². The molecule has 3 rings (SSSR count). The molecule has 2 aromatic heterocycles. The van der Waals surface area contributed by atoms with Gasteiger partial charge in [0.15, 0.2) is 11.5 Å². The van der Waals surface area contributed by atoms with Gasteiger partial charge in [-0.3, -0.25) is 0 Å². The van der Waals surface area contributed by atoms with Gasteiger partial charge in [-0.05, 0) is 30.0 Å². The lowest BCUT2D eigenvalue weighted by molar-refractivity contribution is -0.394. The van der Waals surface area contributed by atoms with E-state index in [1.807, 2.05) is 30.5 Å². The summed E-state index contributed by atoms with van der Waals surface area (Å²) in [7, 11) is 1.59. The van der Waals surface area contributed by atoms with Crippen LogP contribution in [0.25, 0.3) is 10.6 Å². The largest absolute Gasteiger partial charge is 0.493 e. The summed E-state index contributed by atoms with van der Waals surface area (Å²) in [6.07, 6.45) is 1.32. The van der Waals surface area contributed by atoms with Crippen LogP contribution in [-0.4, -0.2) is 38.4 Å². The first-order valence-corrected chi connectivity index (χ1v) is 8.28. The minimum Gasteiger partial charge on any atom is -0.493 e. The molecule has 130 valence electrons. The van der Waals surface area contributed by atoms with E-state index in [2.05, 4.69) is 15.1 Å². The third-order valence-corrected chi connectivity index (χ3v) is 4.21. The Labute approximate surface area is 147 Å². The van der Waals surface area contributed by atoms with Crippen molar-refractivity contribution in [3.05, 3.63) is 45.7 Å². The number of aromatic nitrogens is 4. The Morgan fingerprint density at radius 3 is 2.88 bits per heavy atom. The van der Waals surface area contributed by atoms with E-state index in [1.165, 1.54) is 22.3 Å². The van der Waals surface area contributed by atoms with Crippen LogP contribution < -0.4 is 9.47 Å². The molecule has 0 aliphatic carbocycles. The number of nitrogens with zero attached hydrogens (tertiary/aromatic N) is 5. The van der Waals surface area contributed by atoms with E-state index in [1.54, 1.807) is 7.11 Å². The second kappa shape index (κ2) is 7.26. The van der Waals surface area contributed by atoms with Crippen molar-refractivity contribution in [1.29, 1.82) is 0 Å². The summed E-state index contributed by atoms with van der Waals surface area (Å²) in [6, 6.07) is 5.63. The smallest absolute Gasteiger partial charge is 0.490 e. The average molecular weight is 361 g/mol. The Kier molecular flexibility index (Phi) is 4.89. The van der Waals surface area contributed by atoms with Crippen molar-refractivity contribution in [3.63, 3.8) is 0 Å². The summed E-state index contributed by atoms with van der Waals surface area (Å²) in [4.78, 5) is 18.2. The number of methoxy groups -OCH3 is 1. The third kappa shape index (κ3) is 3.74. The first kappa shape index (κ1) is 16.8. The van der Waals surface area contributed by atoms with Crippen LogP contribution in [-0.2, 0) is 6.54 Å². The van der Waals surface area contributed by atoms with Gasteiger partial charge in [0.05, 0.1) is 19.4 Å². The summed E-state index contributed by atoms with van der Waals surface area (Å²) < 4.78 is 12.2. The topological polar surface area (TPSA) is 105 Å². The normalized spacial score (nSPS) is 10.6. The minimum absolute atomic E-state index is 0.311. The average Bonchev–Trinajstić information content (AvgIpc) is 3.25. The zero-order chi connectivity index (χ0) is 17.8. The maximum atomic E-state index is 10.6. The fraction of sp³-hybridized carbons (Fsp3) is 0.267.